The van der Waals surface area contributed by atoms with Crippen molar-refractivity contribution in [1.29, 1.82) is 0 Å². The molecule has 20 heavy (non-hydrogen) atoms. The van der Waals surface area contributed by atoms with E-state index in [1.807, 2.05) is 18.2 Å². The zero-order valence-corrected chi connectivity index (χ0v) is 11.3. The summed E-state index contributed by atoms with van der Waals surface area (Å²) in [6.07, 6.45) is 4.14. The molecular formula is C16H16N2O2. The number of carbonyl (C=O) groups is 1. The molecule has 1 aliphatic heterocycles. The normalized spacial score (nSPS) is 17.4. The third-order valence-corrected chi connectivity index (χ3v) is 3.60. The van der Waals surface area contributed by atoms with Crippen molar-refractivity contribution < 1.29 is 9.53 Å². The first-order valence-corrected chi connectivity index (χ1v) is 6.64. The van der Waals surface area contributed by atoms with Crippen molar-refractivity contribution in [3.8, 4) is 5.75 Å². The summed E-state index contributed by atoms with van der Waals surface area (Å²) >= 11 is 0. The number of benzene rings is 1. The summed E-state index contributed by atoms with van der Waals surface area (Å²) in [7, 11) is 1.57. The largest absolute Gasteiger partial charge is 0.495 e. The minimum absolute atomic E-state index is 0.0311. The number of nitrogens with zero attached hydrogens (tertiary/aromatic N) is 1. The number of hydrogen-bond acceptors (Lipinski definition) is 4. The van der Waals surface area contributed by atoms with Crippen LogP contribution < -0.4 is 10.1 Å². The highest BCUT2D eigenvalue weighted by molar-refractivity contribution is 6.01. The molecule has 0 amide bonds. The number of ether oxygens (including phenoxy) is 1. The summed E-state index contributed by atoms with van der Waals surface area (Å²) < 4.78 is 5.13. The lowest BCUT2D eigenvalue weighted by Gasteiger charge is -2.25. The first-order chi connectivity index (χ1) is 9.79. The number of carbonyl (C=O) groups excluding carboxylic acids is 1. The van der Waals surface area contributed by atoms with Gasteiger partial charge in [0, 0.05) is 18.3 Å². The second-order valence-corrected chi connectivity index (χ2v) is 4.81. The number of nitrogens with one attached hydrogen (secondary N) is 1. The van der Waals surface area contributed by atoms with Crippen molar-refractivity contribution >= 4 is 5.78 Å². The van der Waals surface area contributed by atoms with Crippen molar-refractivity contribution in [2.24, 2.45) is 0 Å². The Balaban J connectivity index is 1.95. The molecule has 1 aromatic carbocycles. The lowest BCUT2D eigenvalue weighted by molar-refractivity contribution is 0.0939. The molecule has 1 atom stereocenters. The van der Waals surface area contributed by atoms with E-state index in [1.165, 1.54) is 5.56 Å². The van der Waals surface area contributed by atoms with Gasteiger partial charge in [0.25, 0.3) is 0 Å². The summed E-state index contributed by atoms with van der Waals surface area (Å²) in [5, 5.41) is 3.29. The van der Waals surface area contributed by atoms with Crippen molar-refractivity contribution in [2.45, 2.75) is 12.5 Å². The molecule has 4 heteroatoms. The van der Waals surface area contributed by atoms with E-state index in [4.69, 9.17) is 4.74 Å². The highest BCUT2D eigenvalue weighted by Gasteiger charge is 2.26. The van der Waals surface area contributed by atoms with E-state index in [0.29, 0.717) is 11.3 Å². The molecule has 1 N–H and O–H groups in total. The molecule has 2 aromatic rings. The van der Waals surface area contributed by atoms with Crippen molar-refractivity contribution in [3.63, 3.8) is 0 Å². The molecule has 1 aliphatic rings. The highest BCUT2D eigenvalue weighted by Crippen LogP contribution is 2.26. The van der Waals surface area contributed by atoms with Crippen LogP contribution in [0.4, 0.5) is 0 Å². The first-order valence-electron chi connectivity index (χ1n) is 6.64. The molecule has 0 fully saturated rings. The number of aromatic nitrogens is 1. The van der Waals surface area contributed by atoms with Crippen LogP contribution in [0.2, 0.25) is 0 Å². The third kappa shape index (κ3) is 2.30. The number of hydrogen-bond donors (Lipinski definition) is 1. The maximum absolute atomic E-state index is 12.7. The van der Waals surface area contributed by atoms with Gasteiger partial charge in [-0.05, 0) is 23.6 Å². The van der Waals surface area contributed by atoms with Gasteiger partial charge < -0.3 is 10.1 Å². The van der Waals surface area contributed by atoms with E-state index in [2.05, 4.69) is 16.4 Å². The average molecular weight is 268 g/mol. The predicted molar refractivity (Wildman–Crippen MR) is 76.0 cm³/mol. The number of Topliss-reactive ketones (excluding diaryl/α,β-unsaturated/α-hetero) is 1. The van der Waals surface area contributed by atoms with Gasteiger partial charge in [-0.2, -0.15) is 0 Å². The summed E-state index contributed by atoms with van der Waals surface area (Å²) in [4.78, 5) is 16.7. The van der Waals surface area contributed by atoms with Crippen molar-refractivity contribution in [3.05, 3.63) is 59.4 Å². The minimum atomic E-state index is -0.297. The standard InChI is InChI=1S/C16H16N2O2/c1-20-13-8-12(9-17-10-13)16(19)15-14-5-3-2-4-11(14)6-7-18-15/h2-5,8-10,15,18H,6-7H2,1H3. The number of rotatable bonds is 3. The molecule has 0 aliphatic carbocycles. The zero-order chi connectivity index (χ0) is 13.9. The molecular weight excluding hydrogens is 252 g/mol. The molecule has 1 unspecified atom stereocenters. The van der Waals surface area contributed by atoms with Crippen LogP contribution in [0.15, 0.2) is 42.7 Å². The van der Waals surface area contributed by atoms with Crippen molar-refractivity contribution in [2.75, 3.05) is 13.7 Å². The smallest absolute Gasteiger partial charge is 0.185 e. The van der Waals surface area contributed by atoms with E-state index in [0.717, 1.165) is 18.5 Å². The summed E-state index contributed by atoms with van der Waals surface area (Å²) in [5.74, 6) is 0.628. The number of ketones is 1. The fraction of sp³-hybridized carbons (Fsp3) is 0.250. The predicted octanol–water partition coefficient (Wildman–Crippen LogP) is 2.16. The summed E-state index contributed by atoms with van der Waals surface area (Å²) in [6.45, 7) is 0.810. The molecule has 0 spiro atoms. The Morgan fingerprint density at radius 3 is 3.05 bits per heavy atom. The molecule has 0 radical (unpaired) electrons. The first kappa shape index (κ1) is 12.8. The Bertz CT molecular complexity index is 640. The van der Waals surface area contributed by atoms with E-state index >= 15 is 0 Å². The fourth-order valence-electron chi connectivity index (χ4n) is 2.57. The summed E-state index contributed by atoms with van der Waals surface area (Å²) in [6, 6.07) is 9.51. The van der Waals surface area contributed by atoms with Crippen LogP contribution in [0.5, 0.6) is 5.75 Å². The molecule has 0 saturated carbocycles. The highest BCUT2D eigenvalue weighted by atomic mass is 16.5. The fourth-order valence-corrected chi connectivity index (χ4v) is 2.57. The second-order valence-electron chi connectivity index (χ2n) is 4.81. The van der Waals surface area contributed by atoms with Gasteiger partial charge in [0.1, 0.15) is 5.75 Å². The zero-order valence-electron chi connectivity index (χ0n) is 11.3. The quantitative estimate of drug-likeness (QED) is 0.867. The maximum Gasteiger partial charge on any atom is 0.185 e. The second kappa shape index (κ2) is 5.43. The number of pyridine rings is 1. The van der Waals surface area contributed by atoms with Crippen molar-refractivity contribution in [1.82, 2.24) is 10.3 Å². The van der Waals surface area contributed by atoms with Gasteiger partial charge in [0.2, 0.25) is 0 Å². The lowest BCUT2D eigenvalue weighted by Crippen LogP contribution is -2.35. The number of fused-ring (bicyclic) bond motifs is 1. The topological polar surface area (TPSA) is 51.2 Å². The van der Waals surface area contributed by atoms with Crippen LogP contribution in [0.1, 0.15) is 27.5 Å². The molecule has 4 nitrogen and oxygen atoms in total. The van der Waals surface area contributed by atoms with Gasteiger partial charge in [-0.3, -0.25) is 9.78 Å². The molecule has 3 rings (SSSR count). The van der Waals surface area contributed by atoms with Gasteiger partial charge in [-0.15, -0.1) is 0 Å². The van der Waals surface area contributed by atoms with Crippen LogP contribution in [0, 0.1) is 0 Å². The van der Waals surface area contributed by atoms with E-state index in [1.54, 1.807) is 25.6 Å². The molecule has 2 heterocycles. The van der Waals surface area contributed by atoms with Crippen LogP contribution in [-0.2, 0) is 6.42 Å². The van der Waals surface area contributed by atoms with Crippen LogP contribution in [0.25, 0.3) is 0 Å². The molecule has 102 valence electrons. The van der Waals surface area contributed by atoms with Gasteiger partial charge in [0.05, 0.1) is 19.3 Å². The minimum Gasteiger partial charge on any atom is -0.495 e. The Hall–Kier alpha value is -2.20. The Morgan fingerprint density at radius 2 is 2.20 bits per heavy atom. The number of methoxy groups -OCH3 is 1. The third-order valence-electron chi connectivity index (χ3n) is 3.60. The van der Waals surface area contributed by atoms with Crippen LogP contribution >= 0.6 is 0 Å². The monoisotopic (exact) mass is 268 g/mol. The SMILES string of the molecule is COc1cncc(C(=O)C2NCCc3ccccc32)c1. The van der Waals surface area contributed by atoms with Crippen LogP contribution in [-0.4, -0.2) is 24.4 Å². The maximum atomic E-state index is 12.7. The Labute approximate surface area is 117 Å². The van der Waals surface area contributed by atoms with Gasteiger partial charge in [-0.25, -0.2) is 0 Å². The Morgan fingerprint density at radius 1 is 1.35 bits per heavy atom. The van der Waals surface area contributed by atoms with E-state index in [9.17, 15) is 4.79 Å². The summed E-state index contributed by atoms with van der Waals surface area (Å²) in [5.41, 5.74) is 2.87. The van der Waals surface area contributed by atoms with Gasteiger partial charge in [0.15, 0.2) is 5.78 Å². The molecule has 0 bridgehead atoms. The average Bonchev–Trinajstić information content (AvgIpc) is 2.53. The molecule has 1 aromatic heterocycles. The Kier molecular flexibility index (Phi) is 3.48. The van der Waals surface area contributed by atoms with Crippen LogP contribution in [0.3, 0.4) is 0 Å². The van der Waals surface area contributed by atoms with E-state index in [-0.39, 0.29) is 11.8 Å². The van der Waals surface area contributed by atoms with E-state index < -0.39 is 0 Å². The van der Waals surface area contributed by atoms with Gasteiger partial charge >= 0.3 is 0 Å². The lowest BCUT2D eigenvalue weighted by atomic mass is 9.90. The molecule has 0 saturated heterocycles. The van der Waals surface area contributed by atoms with Gasteiger partial charge in [-0.1, -0.05) is 24.3 Å².